The van der Waals surface area contributed by atoms with Crippen LogP contribution in [0, 0.1) is 0 Å². The molecular weight excluding hydrogens is 318 g/mol. The Balaban J connectivity index is 1.86. The highest BCUT2D eigenvalue weighted by molar-refractivity contribution is 6.00. The third kappa shape index (κ3) is 2.42. The van der Waals surface area contributed by atoms with Crippen molar-refractivity contribution >= 4 is 5.91 Å². The van der Waals surface area contributed by atoms with Gasteiger partial charge in [0, 0.05) is 22.8 Å². The lowest BCUT2D eigenvalue weighted by Crippen LogP contribution is -2.21. The van der Waals surface area contributed by atoms with Crippen LogP contribution in [0.4, 0.5) is 0 Å². The number of H-pyrrole nitrogens is 1. The van der Waals surface area contributed by atoms with Crippen LogP contribution in [-0.4, -0.2) is 30.3 Å². The zero-order chi connectivity index (χ0) is 17.4. The number of nitrogens with one attached hydrogen (secondary N) is 2. The molecule has 3 aromatic rings. The predicted molar refractivity (Wildman–Crippen MR) is 92.9 cm³/mol. The third-order valence-electron chi connectivity index (χ3n) is 4.39. The number of aromatic amines is 1. The van der Waals surface area contributed by atoms with Gasteiger partial charge in [-0.15, -0.1) is 0 Å². The van der Waals surface area contributed by atoms with E-state index < -0.39 is 0 Å². The summed E-state index contributed by atoms with van der Waals surface area (Å²) in [5, 5.41) is 10.2. The minimum atomic E-state index is -0.336. The molecule has 4 rings (SSSR count). The quantitative estimate of drug-likeness (QED) is 0.769. The van der Waals surface area contributed by atoms with Gasteiger partial charge in [-0.3, -0.25) is 9.89 Å². The van der Waals surface area contributed by atoms with Gasteiger partial charge in [-0.1, -0.05) is 30.3 Å². The summed E-state index contributed by atoms with van der Waals surface area (Å²) < 4.78 is 10.8. The molecule has 1 aromatic heterocycles. The van der Waals surface area contributed by atoms with Crippen molar-refractivity contribution in [1.29, 1.82) is 0 Å². The molecule has 126 valence electrons. The van der Waals surface area contributed by atoms with Crippen LogP contribution < -0.4 is 14.8 Å². The van der Waals surface area contributed by atoms with Crippen LogP contribution in [0.15, 0.2) is 48.5 Å². The fraction of sp³-hybridized carbons (Fsp3) is 0.158. The lowest BCUT2D eigenvalue weighted by Gasteiger charge is -2.17. The van der Waals surface area contributed by atoms with Gasteiger partial charge in [0.05, 0.1) is 26.0 Å². The number of ether oxygens (including phenoxy) is 2. The Kier molecular flexibility index (Phi) is 3.65. The molecule has 1 atom stereocenters. The monoisotopic (exact) mass is 335 g/mol. The van der Waals surface area contributed by atoms with E-state index in [1.165, 1.54) is 0 Å². The molecule has 2 heterocycles. The van der Waals surface area contributed by atoms with Crippen molar-refractivity contribution in [3.63, 3.8) is 0 Å². The van der Waals surface area contributed by atoms with Crippen LogP contribution in [0.3, 0.4) is 0 Å². The number of amides is 1. The Bertz CT molecular complexity index is 934. The summed E-state index contributed by atoms with van der Waals surface area (Å²) in [7, 11) is 3.21. The average molecular weight is 335 g/mol. The van der Waals surface area contributed by atoms with Gasteiger partial charge in [-0.2, -0.15) is 5.10 Å². The van der Waals surface area contributed by atoms with Gasteiger partial charge in [0.15, 0.2) is 0 Å². The number of methoxy groups -OCH3 is 2. The van der Waals surface area contributed by atoms with E-state index in [1.54, 1.807) is 14.2 Å². The molecule has 0 aliphatic carbocycles. The van der Waals surface area contributed by atoms with E-state index in [-0.39, 0.29) is 11.9 Å². The van der Waals surface area contributed by atoms with E-state index >= 15 is 0 Å². The number of hydrogen-bond donors (Lipinski definition) is 2. The summed E-state index contributed by atoms with van der Waals surface area (Å²) in [5.74, 6) is 1.17. The SMILES string of the molecule is COc1ccc(C2NC(=O)c3[nH]nc(-c4ccccc4)c32)c(OC)c1. The minimum absolute atomic E-state index is 0.174. The second-order valence-electron chi connectivity index (χ2n) is 5.74. The van der Waals surface area contributed by atoms with E-state index in [4.69, 9.17) is 9.47 Å². The summed E-state index contributed by atoms with van der Waals surface area (Å²) >= 11 is 0. The molecule has 6 heteroatoms. The zero-order valence-electron chi connectivity index (χ0n) is 13.9. The van der Waals surface area contributed by atoms with Crippen LogP contribution >= 0.6 is 0 Å². The lowest BCUT2D eigenvalue weighted by atomic mass is 9.96. The molecule has 2 aromatic carbocycles. The minimum Gasteiger partial charge on any atom is -0.497 e. The number of hydrogen-bond acceptors (Lipinski definition) is 4. The van der Waals surface area contributed by atoms with Crippen molar-refractivity contribution in [3.8, 4) is 22.8 Å². The number of aromatic nitrogens is 2. The first-order valence-corrected chi connectivity index (χ1v) is 7.89. The average Bonchev–Trinajstić information content (AvgIpc) is 3.23. The van der Waals surface area contributed by atoms with Crippen molar-refractivity contribution in [2.45, 2.75) is 6.04 Å². The van der Waals surface area contributed by atoms with Crippen molar-refractivity contribution in [2.24, 2.45) is 0 Å². The molecule has 1 aliphatic rings. The highest BCUT2D eigenvalue weighted by Crippen LogP contribution is 2.40. The first-order chi connectivity index (χ1) is 12.2. The first-order valence-electron chi connectivity index (χ1n) is 7.89. The van der Waals surface area contributed by atoms with Crippen LogP contribution in [-0.2, 0) is 0 Å². The summed E-state index contributed by atoms with van der Waals surface area (Å²) in [4.78, 5) is 12.4. The van der Waals surface area contributed by atoms with Crippen LogP contribution in [0.1, 0.15) is 27.7 Å². The number of nitrogens with zero attached hydrogens (tertiary/aromatic N) is 1. The largest absolute Gasteiger partial charge is 0.497 e. The Morgan fingerprint density at radius 3 is 2.56 bits per heavy atom. The second kappa shape index (κ2) is 5.98. The summed E-state index contributed by atoms with van der Waals surface area (Å²) in [5.41, 5.74) is 3.89. The van der Waals surface area contributed by atoms with Crippen molar-refractivity contribution in [3.05, 3.63) is 65.4 Å². The number of rotatable bonds is 4. The molecule has 1 aliphatic heterocycles. The Morgan fingerprint density at radius 2 is 1.84 bits per heavy atom. The van der Waals surface area contributed by atoms with Gasteiger partial charge >= 0.3 is 0 Å². The Morgan fingerprint density at radius 1 is 1.04 bits per heavy atom. The van der Waals surface area contributed by atoms with E-state index in [1.807, 2.05) is 48.5 Å². The highest BCUT2D eigenvalue weighted by atomic mass is 16.5. The summed E-state index contributed by atoms with van der Waals surface area (Å²) in [6.07, 6.45) is 0. The third-order valence-corrected chi connectivity index (χ3v) is 4.39. The topological polar surface area (TPSA) is 76.2 Å². The molecule has 1 unspecified atom stereocenters. The van der Waals surface area contributed by atoms with Gasteiger partial charge in [0.25, 0.3) is 5.91 Å². The molecule has 0 bridgehead atoms. The normalized spacial score (nSPS) is 15.6. The standard InChI is InChI=1S/C19H17N3O3/c1-24-12-8-9-13(14(10-12)25-2)17-15-16(11-6-4-3-5-7-11)21-22-18(15)19(23)20-17/h3-10,17H,1-2H3,(H,20,23)(H,21,22). The van der Waals surface area contributed by atoms with Crippen LogP contribution in [0.5, 0.6) is 11.5 Å². The van der Waals surface area contributed by atoms with E-state index in [2.05, 4.69) is 15.5 Å². The highest BCUT2D eigenvalue weighted by Gasteiger charge is 2.36. The smallest absolute Gasteiger partial charge is 0.270 e. The maximum Gasteiger partial charge on any atom is 0.270 e. The van der Waals surface area contributed by atoms with E-state index in [9.17, 15) is 4.79 Å². The maximum absolute atomic E-state index is 12.4. The van der Waals surface area contributed by atoms with E-state index in [0.717, 1.165) is 22.4 Å². The van der Waals surface area contributed by atoms with Crippen molar-refractivity contribution in [1.82, 2.24) is 15.5 Å². The van der Waals surface area contributed by atoms with E-state index in [0.29, 0.717) is 17.2 Å². The van der Waals surface area contributed by atoms with Crippen molar-refractivity contribution < 1.29 is 14.3 Å². The summed E-state index contributed by atoms with van der Waals surface area (Å²) in [6, 6.07) is 15.0. The van der Waals surface area contributed by atoms with Gasteiger partial charge in [-0.25, -0.2) is 0 Å². The number of benzene rings is 2. The van der Waals surface area contributed by atoms with Crippen molar-refractivity contribution in [2.75, 3.05) is 14.2 Å². The molecule has 25 heavy (non-hydrogen) atoms. The number of carbonyl (C=O) groups is 1. The van der Waals surface area contributed by atoms with Gasteiger partial charge < -0.3 is 14.8 Å². The maximum atomic E-state index is 12.4. The molecule has 0 spiro atoms. The van der Waals surface area contributed by atoms with Gasteiger partial charge in [-0.05, 0) is 12.1 Å². The van der Waals surface area contributed by atoms with Gasteiger partial charge in [0.1, 0.15) is 17.2 Å². The number of fused-ring (bicyclic) bond motifs is 1. The molecule has 6 nitrogen and oxygen atoms in total. The fourth-order valence-electron chi connectivity index (χ4n) is 3.19. The molecule has 0 fully saturated rings. The zero-order valence-corrected chi connectivity index (χ0v) is 13.9. The molecule has 1 amide bonds. The second-order valence-corrected chi connectivity index (χ2v) is 5.74. The van der Waals surface area contributed by atoms with Gasteiger partial charge in [0.2, 0.25) is 0 Å². The lowest BCUT2D eigenvalue weighted by molar-refractivity contribution is 0.0955. The predicted octanol–water partition coefficient (Wildman–Crippen LogP) is 2.93. The Labute approximate surface area is 144 Å². The molecule has 2 N–H and O–H groups in total. The first kappa shape index (κ1) is 15.3. The Hall–Kier alpha value is -3.28. The molecule has 0 saturated carbocycles. The fourth-order valence-corrected chi connectivity index (χ4v) is 3.19. The van der Waals surface area contributed by atoms with Crippen LogP contribution in [0.25, 0.3) is 11.3 Å². The number of carbonyl (C=O) groups excluding carboxylic acids is 1. The van der Waals surface area contributed by atoms with Crippen LogP contribution in [0.2, 0.25) is 0 Å². The molecule has 0 saturated heterocycles. The summed E-state index contributed by atoms with van der Waals surface area (Å²) in [6.45, 7) is 0. The molecule has 0 radical (unpaired) electrons. The molecular formula is C19H17N3O3.